The van der Waals surface area contributed by atoms with Crippen molar-refractivity contribution in [3.63, 3.8) is 0 Å². The molecule has 0 spiro atoms. The van der Waals surface area contributed by atoms with Gasteiger partial charge in [0, 0.05) is 22.0 Å². The SMILES string of the molecule is O=C(CSc1ncc(-c2ccccc2)n1-c1ccccc1)Nc1ccc(Cl)cc1. The zero-order chi connectivity index (χ0) is 20.1. The van der Waals surface area contributed by atoms with Crippen LogP contribution in [-0.4, -0.2) is 21.2 Å². The lowest BCUT2D eigenvalue weighted by Gasteiger charge is -2.12. The Labute approximate surface area is 178 Å². The Bertz CT molecular complexity index is 1100. The molecule has 0 bridgehead atoms. The monoisotopic (exact) mass is 419 g/mol. The van der Waals surface area contributed by atoms with Crippen molar-refractivity contribution in [3.05, 3.63) is 96.1 Å². The maximum Gasteiger partial charge on any atom is 0.234 e. The van der Waals surface area contributed by atoms with E-state index < -0.39 is 0 Å². The highest BCUT2D eigenvalue weighted by atomic mass is 35.5. The number of rotatable bonds is 6. The molecule has 1 heterocycles. The van der Waals surface area contributed by atoms with Crippen LogP contribution in [0.3, 0.4) is 0 Å². The van der Waals surface area contributed by atoms with Crippen molar-refractivity contribution in [3.8, 4) is 16.9 Å². The number of para-hydroxylation sites is 1. The Kier molecular flexibility index (Phi) is 5.98. The van der Waals surface area contributed by atoms with Gasteiger partial charge < -0.3 is 5.32 Å². The second-order valence-corrected chi connectivity index (χ2v) is 7.69. The minimum atomic E-state index is -0.0961. The summed E-state index contributed by atoms with van der Waals surface area (Å²) in [5, 5.41) is 4.28. The standard InChI is InChI=1S/C23H18ClN3OS/c24-18-11-13-19(14-12-18)26-22(28)16-29-23-25-15-21(17-7-3-1-4-8-17)27(23)20-9-5-2-6-10-20/h1-15H,16H2,(H,26,28). The Hall–Kier alpha value is -3.02. The number of carbonyl (C=O) groups is 1. The van der Waals surface area contributed by atoms with Crippen molar-refractivity contribution in [1.29, 1.82) is 0 Å². The van der Waals surface area contributed by atoms with E-state index >= 15 is 0 Å². The quantitative estimate of drug-likeness (QED) is 0.394. The fraction of sp³-hybridized carbons (Fsp3) is 0.0435. The lowest BCUT2D eigenvalue weighted by molar-refractivity contribution is -0.113. The summed E-state index contributed by atoms with van der Waals surface area (Å²) in [5.41, 5.74) is 3.78. The van der Waals surface area contributed by atoms with E-state index in [1.807, 2.05) is 54.7 Å². The van der Waals surface area contributed by atoms with E-state index in [0.717, 1.165) is 27.8 Å². The van der Waals surface area contributed by atoms with Gasteiger partial charge in [-0.25, -0.2) is 4.98 Å². The van der Waals surface area contributed by atoms with Gasteiger partial charge in [-0.1, -0.05) is 71.9 Å². The third kappa shape index (κ3) is 4.70. The Morgan fingerprint density at radius 1 is 0.931 bits per heavy atom. The number of aromatic nitrogens is 2. The largest absolute Gasteiger partial charge is 0.325 e. The second-order valence-electron chi connectivity index (χ2n) is 6.31. The highest BCUT2D eigenvalue weighted by Crippen LogP contribution is 2.29. The third-order valence-corrected chi connectivity index (χ3v) is 5.48. The van der Waals surface area contributed by atoms with Crippen molar-refractivity contribution in [1.82, 2.24) is 9.55 Å². The molecule has 4 rings (SSSR count). The molecule has 4 aromatic rings. The summed E-state index contributed by atoms with van der Waals surface area (Å²) in [7, 11) is 0. The average molecular weight is 420 g/mol. The summed E-state index contributed by atoms with van der Waals surface area (Å²) >= 11 is 7.29. The first-order chi connectivity index (χ1) is 14.2. The molecule has 0 saturated heterocycles. The lowest BCUT2D eigenvalue weighted by Crippen LogP contribution is -2.14. The normalized spacial score (nSPS) is 10.7. The highest BCUT2D eigenvalue weighted by molar-refractivity contribution is 7.99. The van der Waals surface area contributed by atoms with Crippen LogP contribution in [0.4, 0.5) is 5.69 Å². The van der Waals surface area contributed by atoms with E-state index in [4.69, 9.17) is 11.6 Å². The number of nitrogens with one attached hydrogen (secondary N) is 1. The molecule has 0 aliphatic rings. The Balaban J connectivity index is 1.56. The van der Waals surface area contributed by atoms with E-state index in [0.29, 0.717) is 5.02 Å². The van der Waals surface area contributed by atoms with Crippen LogP contribution in [0.5, 0.6) is 0 Å². The molecular formula is C23H18ClN3OS. The third-order valence-electron chi connectivity index (χ3n) is 4.27. The molecular weight excluding hydrogens is 402 g/mol. The maximum atomic E-state index is 12.4. The van der Waals surface area contributed by atoms with Crippen molar-refractivity contribution < 1.29 is 4.79 Å². The van der Waals surface area contributed by atoms with Gasteiger partial charge in [-0.3, -0.25) is 9.36 Å². The molecule has 4 nitrogen and oxygen atoms in total. The van der Waals surface area contributed by atoms with Gasteiger partial charge in [0.1, 0.15) is 0 Å². The van der Waals surface area contributed by atoms with Crippen LogP contribution in [0, 0.1) is 0 Å². The smallest absolute Gasteiger partial charge is 0.234 e. The first-order valence-electron chi connectivity index (χ1n) is 9.07. The summed E-state index contributed by atoms with van der Waals surface area (Å²) in [5.74, 6) is 0.155. The molecule has 0 aliphatic heterocycles. The van der Waals surface area contributed by atoms with E-state index in [9.17, 15) is 4.79 Å². The molecule has 144 valence electrons. The van der Waals surface area contributed by atoms with Gasteiger partial charge in [0.15, 0.2) is 5.16 Å². The highest BCUT2D eigenvalue weighted by Gasteiger charge is 2.15. The molecule has 1 amide bonds. The van der Waals surface area contributed by atoms with Gasteiger partial charge in [0.05, 0.1) is 17.6 Å². The predicted octanol–water partition coefficient (Wildman–Crippen LogP) is 5.92. The van der Waals surface area contributed by atoms with E-state index in [1.54, 1.807) is 24.3 Å². The molecule has 0 aliphatic carbocycles. The van der Waals surface area contributed by atoms with Gasteiger partial charge in [0.2, 0.25) is 5.91 Å². The number of amides is 1. The van der Waals surface area contributed by atoms with Gasteiger partial charge in [0.25, 0.3) is 0 Å². The van der Waals surface area contributed by atoms with Gasteiger partial charge in [-0.05, 0) is 36.4 Å². The first-order valence-corrected chi connectivity index (χ1v) is 10.4. The van der Waals surface area contributed by atoms with Gasteiger partial charge >= 0.3 is 0 Å². The van der Waals surface area contributed by atoms with E-state index in [2.05, 4.69) is 27.0 Å². The summed E-state index contributed by atoms with van der Waals surface area (Å²) in [6.45, 7) is 0. The molecule has 0 fully saturated rings. The summed E-state index contributed by atoms with van der Waals surface area (Å²) < 4.78 is 2.08. The van der Waals surface area contributed by atoms with Crippen molar-refractivity contribution in [2.75, 3.05) is 11.1 Å². The van der Waals surface area contributed by atoms with Crippen LogP contribution >= 0.6 is 23.4 Å². The zero-order valence-electron chi connectivity index (χ0n) is 15.5. The van der Waals surface area contributed by atoms with Crippen LogP contribution in [0.25, 0.3) is 16.9 Å². The van der Waals surface area contributed by atoms with Crippen LogP contribution in [0.2, 0.25) is 5.02 Å². The number of thioether (sulfide) groups is 1. The number of hydrogen-bond acceptors (Lipinski definition) is 3. The lowest BCUT2D eigenvalue weighted by atomic mass is 10.1. The second kappa shape index (κ2) is 8.99. The van der Waals surface area contributed by atoms with Gasteiger partial charge in [-0.2, -0.15) is 0 Å². The van der Waals surface area contributed by atoms with E-state index in [-0.39, 0.29) is 11.7 Å². The number of halogens is 1. The minimum absolute atomic E-state index is 0.0961. The number of carbonyl (C=O) groups excluding carboxylic acids is 1. The average Bonchev–Trinajstić information content (AvgIpc) is 3.19. The first kappa shape index (κ1) is 19.3. The van der Waals surface area contributed by atoms with E-state index in [1.165, 1.54) is 11.8 Å². The number of nitrogens with zero attached hydrogens (tertiary/aromatic N) is 2. The van der Waals surface area contributed by atoms with Crippen molar-refractivity contribution >= 4 is 35.0 Å². The summed E-state index contributed by atoms with van der Waals surface area (Å²) in [6, 6.07) is 27.2. The van der Waals surface area contributed by atoms with Gasteiger partial charge in [-0.15, -0.1) is 0 Å². The topological polar surface area (TPSA) is 46.9 Å². The maximum absolute atomic E-state index is 12.4. The van der Waals surface area contributed by atoms with Crippen molar-refractivity contribution in [2.24, 2.45) is 0 Å². The molecule has 0 saturated carbocycles. The minimum Gasteiger partial charge on any atom is -0.325 e. The molecule has 29 heavy (non-hydrogen) atoms. The molecule has 0 unspecified atom stereocenters. The van der Waals surface area contributed by atoms with Crippen LogP contribution in [0.1, 0.15) is 0 Å². The number of anilines is 1. The van der Waals surface area contributed by atoms with Crippen molar-refractivity contribution in [2.45, 2.75) is 5.16 Å². The zero-order valence-corrected chi connectivity index (χ0v) is 17.0. The fourth-order valence-corrected chi connectivity index (χ4v) is 3.85. The molecule has 1 N–H and O–H groups in total. The summed E-state index contributed by atoms with van der Waals surface area (Å²) in [4.78, 5) is 17.0. The number of imidazole rings is 1. The summed E-state index contributed by atoms with van der Waals surface area (Å²) in [6.07, 6.45) is 1.85. The van der Waals surface area contributed by atoms with Crippen LogP contribution < -0.4 is 5.32 Å². The Morgan fingerprint density at radius 3 is 2.28 bits per heavy atom. The Morgan fingerprint density at radius 2 is 1.59 bits per heavy atom. The molecule has 1 aromatic heterocycles. The molecule has 0 radical (unpaired) electrons. The fourth-order valence-electron chi connectivity index (χ4n) is 2.94. The molecule has 6 heteroatoms. The number of benzene rings is 3. The van der Waals surface area contributed by atoms with Crippen LogP contribution in [0.15, 0.2) is 96.3 Å². The molecule has 3 aromatic carbocycles. The molecule has 0 atom stereocenters. The van der Waals surface area contributed by atoms with Crippen LogP contribution in [-0.2, 0) is 4.79 Å². The number of hydrogen-bond donors (Lipinski definition) is 1. The predicted molar refractivity (Wildman–Crippen MR) is 120 cm³/mol.